The van der Waals surface area contributed by atoms with Crippen LogP contribution in [0.2, 0.25) is 0 Å². The number of aromatic nitrogens is 4. The molecule has 208 valence electrons. The summed E-state index contributed by atoms with van der Waals surface area (Å²) >= 11 is 0. The second kappa shape index (κ2) is 11.8. The first-order valence-corrected chi connectivity index (χ1v) is 13.9. The van der Waals surface area contributed by atoms with Gasteiger partial charge in [0.2, 0.25) is 5.95 Å². The van der Waals surface area contributed by atoms with Crippen LogP contribution >= 0.6 is 0 Å². The van der Waals surface area contributed by atoms with Gasteiger partial charge in [-0.15, -0.1) is 0 Å². The predicted molar refractivity (Wildman–Crippen MR) is 138 cm³/mol. The van der Waals surface area contributed by atoms with Crippen LogP contribution in [0.4, 0.5) is 35.5 Å². The van der Waals surface area contributed by atoms with Crippen molar-refractivity contribution in [2.45, 2.75) is 107 Å². The average molecular weight is 535 g/mol. The molecule has 5 rings (SSSR count). The van der Waals surface area contributed by atoms with Crippen molar-refractivity contribution in [3.63, 3.8) is 0 Å². The summed E-state index contributed by atoms with van der Waals surface area (Å²) < 4.78 is 39.1. The van der Waals surface area contributed by atoms with Gasteiger partial charge < -0.3 is 21.3 Å². The molecule has 2 amide bonds. The minimum Gasteiger partial charge on any atom is -0.351 e. The molecule has 3 aliphatic carbocycles. The topological polar surface area (TPSA) is 120 Å². The van der Waals surface area contributed by atoms with Gasteiger partial charge in [-0.05, 0) is 63.9 Å². The number of aromatic amines is 1. The lowest BCUT2D eigenvalue weighted by atomic mass is 9.85. The number of carbonyl (C=O) groups is 1. The molecule has 3 fully saturated rings. The standard InChI is InChI=1S/C26H37F3N8O/c27-26(28,29)17-6-3-7-20(14-17)33-25(38)32-19-10-8-18(9-11-19)31-24-30-13-12-22(35-24)34-23-15-21(36-37-23)16-4-1-2-5-16/h12-13,15-20H,1-11,14H2,(H2,32,33,38)(H3,30,31,34,35,36,37)/t17-,18?,19?,20-/m1/s1. The maximum Gasteiger partial charge on any atom is 0.391 e. The van der Waals surface area contributed by atoms with E-state index in [0.717, 1.165) is 31.5 Å². The summed E-state index contributed by atoms with van der Waals surface area (Å²) in [6, 6.07) is 3.23. The molecule has 0 aromatic carbocycles. The zero-order valence-electron chi connectivity index (χ0n) is 21.5. The number of anilines is 3. The molecular weight excluding hydrogens is 497 g/mol. The monoisotopic (exact) mass is 534 g/mol. The molecule has 2 heterocycles. The van der Waals surface area contributed by atoms with Gasteiger partial charge in [0.05, 0.1) is 5.92 Å². The summed E-state index contributed by atoms with van der Waals surface area (Å²) in [4.78, 5) is 21.3. The first-order valence-electron chi connectivity index (χ1n) is 13.9. The van der Waals surface area contributed by atoms with Gasteiger partial charge in [-0.3, -0.25) is 5.10 Å². The van der Waals surface area contributed by atoms with Gasteiger partial charge in [-0.2, -0.15) is 23.3 Å². The van der Waals surface area contributed by atoms with Crippen molar-refractivity contribution in [1.82, 2.24) is 30.8 Å². The Kier molecular flexibility index (Phi) is 8.23. The van der Waals surface area contributed by atoms with Gasteiger partial charge in [-0.1, -0.05) is 19.3 Å². The number of rotatable bonds is 7. The highest BCUT2D eigenvalue weighted by Crippen LogP contribution is 2.37. The predicted octanol–water partition coefficient (Wildman–Crippen LogP) is 5.74. The Bertz CT molecular complexity index is 1060. The summed E-state index contributed by atoms with van der Waals surface area (Å²) in [5.41, 5.74) is 1.17. The molecule has 9 nitrogen and oxygen atoms in total. The third-order valence-electron chi connectivity index (χ3n) is 8.17. The average Bonchev–Trinajstić information content (AvgIpc) is 3.58. The fourth-order valence-electron chi connectivity index (χ4n) is 6.07. The lowest BCUT2D eigenvalue weighted by Crippen LogP contribution is -2.49. The first kappa shape index (κ1) is 26.6. The number of H-pyrrole nitrogens is 1. The van der Waals surface area contributed by atoms with Crippen molar-refractivity contribution in [1.29, 1.82) is 0 Å². The van der Waals surface area contributed by atoms with Crippen LogP contribution in [0, 0.1) is 5.92 Å². The number of alkyl halides is 3. The van der Waals surface area contributed by atoms with E-state index < -0.39 is 18.1 Å². The number of hydrogen-bond acceptors (Lipinski definition) is 6. The maximum atomic E-state index is 13.0. The molecule has 5 N–H and O–H groups in total. The van der Waals surface area contributed by atoms with Crippen molar-refractivity contribution in [2.75, 3.05) is 10.6 Å². The molecule has 12 heteroatoms. The van der Waals surface area contributed by atoms with E-state index in [1.54, 1.807) is 12.3 Å². The van der Waals surface area contributed by atoms with Crippen molar-refractivity contribution in [3.05, 3.63) is 24.0 Å². The van der Waals surface area contributed by atoms with Crippen molar-refractivity contribution < 1.29 is 18.0 Å². The number of carbonyl (C=O) groups excluding carboxylic acids is 1. The van der Waals surface area contributed by atoms with E-state index in [2.05, 4.69) is 47.5 Å². The zero-order valence-corrected chi connectivity index (χ0v) is 21.5. The van der Waals surface area contributed by atoms with Gasteiger partial charge in [0.1, 0.15) is 5.82 Å². The molecular formula is C26H37F3N8O. The lowest BCUT2D eigenvalue weighted by molar-refractivity contribution is -0.183. The number of urea groups is 1. The van der Waals surface area contributed by atoms with E-state index in [1.807, 2.05) is 0 Å². The van der Waals surface area contributed by atoms with E-state index in [0.29, 0.717) is 30.5 Å². The number of halogens is 3. The Morgan fingerprint density at radius 1 is 0.895 bits per heavy atom. The van der Waals surface area contributed by atoms with Crippen LogP contribution in [0.15, 0.2) is 18.3 Å². The van der Waals surface area contributed by atoms with Crippen LogP contribution in [0.3, 0.4) is 0 Å². The van der Waals surface area contributed by atoms with E-state index in [9.17, 15) is 18.0 Å². The zero-order chi connectivity index (χ0) is 26.5. The van der Waals surface area contributed by atoms with Gasteiger partial charge in [0.15, 0.2) is 5.82 Å². The van der Waals surface area contributed by atoms with Gasteiger partial charge >= 0.3 is 12.2 Å². The molecule has 3 aliphatic rings. The Labute approximate surface area is 220 Å². The molecule has 2 aromatic heterocycles. The third kappa shape index (κ3) is 7.08. The van der Waals surface area contributed by atoms with Crippen molar-refractivity contribution >= 4 is 23.6 Å². The molecule has 2 aromatic rings. The minimum atomic E-state index is -4.20. The fourth-order valence-corrected chi connectivity index (χ4v) is 6.07. The summed E-state index contributed by atoms with van der Waals surface area (Å²) in [5.74, 6) is 1.17. The lowest BCUT2D eigenvalue weighted by Gasteiger charge is -2.33. The van der Waals surface area contributed by atoms with Crippen LogP contribution in [0.1, 0.15) is 88.7 Å². The summed E-state index contributed by atoms with van der Waals surface area (Å²) in [6.45, 7) is 0. The quantitative estimate of drug-likeness (QED) is 0.309. The van der Waals surface area contributed by atoms with Crippen LogP contribution in [-0.2, 0) is 0 Å². The smallest absolute Gasteiger partial charge is 0.351 e. The fraction of sp³-hybridized carbons (Fsp3) is 0.692. The van der Waals surface area contributed by atoms with Gasteiger partial charge in [0, 0.05) is 42.0 Å². The van der Waals surface area contributed by atoms with E-state index >= 15 is 0 Å². The highest BCUT2D eigenvalue weighted by atomic mass is 19.4. The summed E-state index contributed by atoms with van der Waals surface area (Å²) in [7, 11) is 0. The highest BCUT2D eigenvalue weighted by molar-refractivity contribution is 5.74. The summed E-state index contributed by atoms with van der Waals surface area (Å²) in [5, 5.41) is 19.9. The Balaban J connectivity index is 1.05. The molecule has 0 aliphatic heterocycles. The van der Waals surface area contributed by atoms with E-state index in [4.69, 9.17) is 0 Å². The second-order valence-electron chi connectivity index (χ2n) is 11.0. The van der Waals surface area contributed by atoms with Gasteiger partial charge in [0.25, 0.3) is 0 Å². The van der Waals surface area contributed by atoms with E-state index in [1.165, 1.54) is 31.4 Å². The highest BCUT2D eigenvalue weighted by Gasteiger charge is 2.42. The van der Waals surface area contributed by atoms with E-state index in [-0.39, 0.29) is 31.0 Å². The van der Waals surface area contributed by atoms with Crippen LogP contribution in [0.5, 0.6) is 0 Å². The second-order valence-corrected chi connectivity index (χ2v) is 11.0. The molecule has 0 radical (unpaired) electrons. The Morgan fingerprint density at radius 2 is 1.63 bits per heavy atom. The number of nitrogens with one attached hydrogen (secondary N) is 5. The minimum absolute atomic E-state index is 0.00213. The molecule has 0 spiro atoms. The molecule has 3 saturated carbocycles. The van der Waals surface area contributed by atoms with Crippen LogP contribution < -0.4 is 21.3 Å². The van der Waals surface area contributed by atoms with Crippen LogP contribution in [0.25, 0.3) is 0 Å². The molecule has 38 heavy (non-hydrogen) atoms. The van der Waals surface area contributed by atoms with Crippen molar-refractivity contribution in [2.24, 2.45) is 5.92 Å². The molecule has 0 saturated heterocycles. The maximum absolute atomic E-state index is 13.0. The third-order valence-corrected chi connectivity index (χ3v) is 8.17. The number of nitrogens with zero attached hydrogens (tertiary/aromatic N) is 3. The number of amides is 2. The van der Waals surface area contributed by atoms with Crippen molar-refractivity contribution in [3.8, 4) is 0 Å². The SMILES string of the molecule is O=C(NC1CCC(Nc2nccc(Nc3cc(C4CCCC4)[nH]n3)n2)CC1)N[C@@H]1CCC[C@@H](C(F)(F)F)C1. The Hall–Kier alpha value is -3.05. The molecule has 0 unspecified atom stereocenters. The normalized spacial score (nSPS) is 26.6. The van der Waals surface area contributed by atoms with Gasteiger partial charge in [-0.25, -0.2) is 9.78 Å². The molecule has 0 bridgehead atoms. The summed E-state index contributed by atoms with van der Waals surface area (Å²) in [6.07, 6.45) is 6.83. The molecule has 2 atom stereocenters. The Morgan fingerprint density at radius 3 is 2.39 bits per heavy atom. The number of hydrogen-bond donors (Lipinski definition) is 5. The first-order chi connectivity index (χ1) is 18.3. The largest absolute Gasteiger partial charge is 0.391 e. The van der Waals surface area contributed by atoms with Crippen LogP contribution in [-0.4, -0.2) is 50.5 Å².